The first kappa shape index (κ1) is 17.1. The summed E-state index contributed by atoms with van der Waals surface area (Å²) in [6.07, 6.45) is 0. The van der Waals surface area contributed by atoms with Gasteiger partial charge in [-0.05, 0) is 33.2 Å². The van der Waals surface area contributed by atoms with E-state index in [1.807, 2.05) is 55.1 Å². The van der Waals surface area contributed by atoms with Gasteiger partial charge >= 0.3 is 0 Å². The SMILES string of the molecule is Cc1ccc(N2CCn3c2nnc(C(=O)NCCN(C)C)c3=O)cc1. The summed E-state index contributed by atoms with van der Waals surface area (Å²) in [5.41, 5.74) is 1.56. The Hall–Kier alpha value is -2.74. The summed E-state index contributed by atoms with van der Waals surface area (Å²) >= 11 is 0. The van der Waals surface area contributed by atoms with Gasteiger partial charge in [0.05, 0.1) is 0 Å². The minimum absolute atomic E-state index is 0.159. The smallest absolute Gasteiger partial charge is 0.286 e. The number of benzene rings is 1. The van der Waals surface area contributed by atoms with E-state index >= 15 is 0 Å². The van der Waals surface area contributed by atoms with Crippen molar-refractivity contribution in [2.45, 2.75) is 13.5 Å². The highest BCUT2D eigenvalue weighted by atomic mass is 16.2. The lowest BCUT2D eigenvalue weighted by Crippen LogP contribution is -2.37. The van der Waals surface area contributed by atoms with Gasteiger partial charge in [0.2, 0.25) is 11.6 Å². The summed E-state index contributed by atoms with van der Waals surface area (Å²) in [4.78, 5) is 28.6. The largest absolute Gasteiger partial charge is 0.349 e. The lowest BCUT2D eigenvalue weighted by Gasteiger charge is -2.16. The molecule has 0 fully saturated rings. The number of carbonyl (C=O) groups is 1. The van der Waals surface area contributed by atoms with Gasteiger partial charge in [-0.15, -0.1) is 10.2 Å². The van der Waals surface area contributed by atoms with Crippen LogP contribution in [-0.2, 0) is 6.54 Å². The normalized spacial score (nSPS) is 13.2. The van der Waals surface area contributed by atoms with Crippen LogP contribution < -0.4 is 15.8 Å². The van der Waals surface area contributed by atoms with Crippen molar-refractivity contribution in [3.8, 4) is 0 Å². The molecule has 0 radical (unpaired) electrons. The molecule has 0 atom stereocenters. The van der Waals surface area contributed by atoms with Gasteiger partial charge in [-0.25, -0.2) is 0 Å². The van der Waals surface area contributed by atoms with E-state index < -0.39 is 11.5 Å². The van der Waals surface area contributed by atoms with Crippen molar-refractivity contribution in [1.29, 1.82) is 0 Å². The molecule has 0 saturated carbocycles. The van der Waals surface area contributed by atoms with Gasteiger partial charge in [-0.3, -0.25) is 14.2 Å². The maximum atomic E-state index is 12.6. The molecule has 25 heavy (non-hydrogen) atoms. The predicted octanol–water partition coefficient (Wildman–Crippen LogP) is 0.390. The minimum atomic E-state index is -0.483. The number of nitrogens with one attached hydrogen (secondary N) is 1. The Kier molecular flexibility index (Phi) is 4.80. The highest BCUT2D eigenvalue weighted by Gasteiger charge is 2.27. The van der Waals surface area contributed by atoms with E-state index in [4.69, 9.17) is 0 Å². The summed E-state index contributed by atoms with van der Waals surface area (Å²) < 4.78 is 1.51. The van der Waals surface area contributed by atoms with Crippen molar-refractivity contribution < 1.29 is 4.79 Å². The monoisotopic (exact) mass is 342 g/mol. The fourth-order valence-electron chi connectivity index (χ4n) is 2.70. The zero-order valence-electron chi connectivity index (χ0n) is 14.7. The van der Waals surface area contributed by atoms with Crippen LogP contribution in [0.25, 0.3) is 0 Å². The van der Waals surface area contributed by atoms with Gasteiger partial charge < -0.3 is 15.1 Å². The summed E-state index contributed by atoms with van der Waals surface area (Å²) in [6, 6.07) is 7.99. The Morgan fingerprint density at radius 3 is 2.60 bits per heavy atom. The van der Waals surface area contributed by atoms with Gasteiger partial charge in [-0.2, -0.15) is 0 Å². The van der Waals surface area contributed by atoms with Crippen molar-refractivity contribution in [3.63, 3.8) is 0 Å². The first-order valence-electron chi connectivity index (χ1n) is 8.22. The van der Waals surface area contributed by atoms with Crippen LogP contribution in [0.1, 0.15) is 16.1 Å². The number of hydrogen-bond donors (Lipinski definition) is 1. The standard InChI is InChI=1S/C17H22N6O2/c1-12-4-6-13(7-5-12)22-10-11-23-16(25)14(19-20-17(22)23)15(24)18-8-9-21(2)3/h4-7H,8-11H2,1-3H3,(H,18,24). The van der Waals surface area contributed by atoms with Gasteiger partial charge in [0.15, 0.2) is 0 Å². The fourth-order valence-corrected chi connectivity index (χ4v) is 2.70. The van der Waals surface area contributed by atoms with E-state index in [9.17, 15) is 9.59 Å². The molecule has 2 aromatic rings. The Balaban J connectivity index is 1.82. The average molecular weight is 342 g/mol. The third-order valence-corrected chi connectivity index (χ3v) is 4.12. The van der Waals surface area contributed by atoms with E-state index in [0.717, 1.165) is 11.3 Å². The number of anilines is 2. The molecule has 8 heteroatoms. The molecule has 0 spiro atoms. The molecular weight excluding hydrogens is 320 g/mol. The molecule has 1 aromatic carbocycles. The molecular formula is C17H22N6O2. The van der Waals surface area contributed by atoms with Crippen LogP contribution in [0.3, 0.4) is 0 Å². The Morgan fingerprint density at radius 1 is 1.20 bits per heavy atom. The summed E-state index contributed by atoms with van der Waals surface area (Å²) in [5.74, 6) is -0.0119. The van der Waals surface area contributed by atoms with Gasteiger partial charge in [0.1, 0.15) is 0 Å². The molecule has 0 aliphatic carbocycles. The maximum Gasteiger partial charge on any atom is 0.286 e. The average Bonchev–Trinajstić information content (AvgIpc) is 3.00. The number of rotatable bonds is 5. The highest BCUT2D eigenvalue weighted by molar-refractivity contribution is 5.91. The number of amides is 1. The molecule has 1 N–H and O–H groups in total. The number of carbonyl (C=O) groups excluding carboxylic acids is 1. The highest BCUT2D eigenvalue weighted by Crippen LogP contribution is 2.26. The molecule has 2 heterocycles. The van der Waals surface area contributed by atoms with Gasteiger partial charge in [-0.1, -0.05) is 17.7 Å². The van der Waals surface area contributed by atoms with Crippen molar-refractivity contribution in [2.75, 3.05) is 38.6 Å². The zero-order chi connectivity index (χ0) is 18.0. The van der Waals surface area contributed by atoms with Crippen LogP contribution in [0.15, 0.2) is 29.1 Å². The molecule has 0 saturated heterocycles. The lowest BCUT2D eigenvalue weighted by atomic mass is 10.2. The van der Waals surface area contributed by atoms with Crippen LogP contribution in [0.2, 0.25) is 0 Å². The van der Waals surface area contributed by atoms with E-state index in [1.165, 1.54) is 4.57 Å². The van der Waals surface area contributed by atoms with Crippen LogP contribution in [0, 0.1) is 6.92 Å². The second kappa shape index (κ2) is 7.02. The number of aromatic nitrogens is 3. The van der Waals surface area contributed by atoms with E-state index in [-0.39, 0.29) is 5.69 Å². The third-order valence-electron chi connectivity index (χ3n) is 4.12. The van der Waals surface area contributed by atoms with Crippen molar-refractivity contribution >= 4 is 17.5 Å². The van der Waals surface area contributed by atoms with Crippen molar-refractivity contribution in [3.05, 3.63) is 45.9 Å². The van der Waals surface area contributed by atoms with Gasteiger partial charge in [0, 0.05) is 31.9 Å². The lowest BCUT2D eigenvalue weighted by molar-refractivity contribution is 0.0942. The van der Waals surface area contributed by atoms with E-state index in [1.54, 1.807) is 0 Å². The molecule has 0 bridgehead atoms. The van der Waals surface area contributed by atoms with E-state index in [0.29, 0.717) is 32.1 Å². The van der Waals surface area contributed by atoms with Crippen LogP contribution in [-0.4, -0.2) is 59.3 Å². The van der Waals surface area contributed by atoms with E-state index in [2.05, 4.69) is 15.5 Å². The molecule has 1 aliphatic rings. The topological polar surface area (TPSA) is 83.4 Å². The number of fused-ring (bicyclic) bond motifs is 1. The quantitative estimate of drug-likeness (QED) is 0.846. The first-order valence-corrected chi connectivity index (χ1v) is 8.22. The molecule has 1 aliphatic heterocycles. The molecule has 0 unspecified atom stereocenters. The maximum absolute atomic E-state index is 12.6. The Morgan fingerprint density at radius 2 is 1.92 bits per heavy atom. The summed E-state index contributed by atoms with van der Waals surface area (Å²) in [5, 5.41) is 10.7. The first-order chi connectivity index (χ1) is 12.0. The minimum Gasteiger partial charge on any atom is -0.349 e. The Labute approximate surface area is 146 Å². The number of likely N-dealkylation sites (N-methyl/N-ethyl adjacent to an activating group) is 1. The Bertz CT molecular complexity index is 828. The number of nitrogens with zero attached hydrogens (tertiary/aromatic N) is 5. The molecule has 3 rings (SSSR count). The summed E-state index contributed by atoms with van der Waals surface area (Å²) in [7, 11) is 3.83. The molecule has 8 nitrogen and oxygen atoms in total. The summed E-state index contributed by atoms with van der Waals surface area (Å²) in [6.45, 7) is 4.26. The number of aryl methyl sites for hydroxylation is 1. The predicted molar refractivity (Wildman–Crippen MR) is 95.4 cm³/mol. The number of hydrogen-bond acceptors (Lipinski definition) is 6. The van der Waals surface area contributed by atoms with Gasteiger partial charge in [0.25, 0.3) is 11.5 Å². The van der Waals surface area contributed by atoms with Crippen LogP contribution >= 0.6 is 0 Å². The fraction of sp³-hybridized carbons (Fsp3) is 0.412. The molecule has 1 amide bonds. The molecule has 132 valence electrons. The zero-order valence-corrected chi connectivity index (χ0v) is 14.7. The molecule has 1 aromatic heterocycles. The van der Waals surface area contributed by atoms with Crippen molar-refractivity contribution in [1.82, 2.24) is 25.0 Å². The van der Waals surface area contributed by atoms with Crippen molar-refractivity contribution in [2.24, 2.45) is 0 Å². The second-order valence-corrected chi connectivity index (χ2v) is 6.35. The second-order valence-electron chi connectivity index (χ2n) is 6.35. The third kappa shape index (κ3) is 3.53. The van der Waals surface area contributed by atoms with Crippen LogP contribution in [0.5, 0.6) is 0 Å². The van der Waals surface area contributed by atoms with Crippen LogP contribution in [0.4, 0.5) is 11.6 Å².